The highest BCUT2D eigenvalue weighted by Gasteiger charge is 2.29. The molecule has 0 aromatic rings. The Kier molecular flexibility index (Phi) is 7.09. The second-order valence-electron chi connectivity index (χ2n) is 4.01. The van der Waals surface area contributed by atoms with Crippen LogP contribution in [0.4, 0.5) is 0 Å². The molecule has 4 heteroatoms. The first kappa shape index (κ1) is 13.8. The lowest BCUT2D eigenvalue weighted by atomic mass is 9.77. The molecule has 0 aromatic heterocycles. The average Bonchev–Trinajstić information content (AvgIpc) is 2.23. The molecule has 4 N–H and O–H groups in total. The van der Waals surface area contributed by atoms with Crippen LogP contribution in [0.3, 0.4) is 0 Å². The van der Waals surface area contributed by atoms with Gasteiger partial charge in [0.15, 0.2) is 0 Å². The van der Waals surface area contributed by atoms with Crippen LogP contribution >= 0.6 is 0 Å². The summed E-state index contributed by atoms with van der Waals surface area (Å²) in [6.07, 6.45) is 0. The topological polar surface area (TPSA) is 80.9 Å². The lowest BCUT2D eigenvalue weighted by Crippen LogP contribution is -2.35. The van der Waals surface area contributed by atoms with Crippen molar-refractivity contribution in [2.24, 2.45) is 23.7 Å². The lowest BCUT2D eigenvalue weighted by Gasteiger charge is -2.31. The van der Waals surface area contributed by atoms with Gasteiger partial charge in [0.1, 0.15) is 0 Å². The number of hydrogen-bond acceptors (Lipinski definition) is 4. The Morgan fingerprint density at radius 2 is 0.929 bits per heavy atom. The molecule has 0 heterocycles. The van der Waals surface area contributed by atoms with Crippen molar-refractivity contribution < 1.29 is 20.4 Å². The van der Waals surface area contributed by atoms with E-state index >= 15 is 0 Å². The van der Waals surface area contributed by atoms with Gasteiger partial charge in [-0.3, -0.25) is 0 Å². The van der Waals surface area contributed by atoms with Gasteiger partial charge >= 0.3 is 0 Å². The van der Waals surface area contributed by atoms with Crippen molar-refractivity contribution in [1.29, 1.82) is 0 Å². The van der Waals surface area contributed by atoms with E-state index in [1.54, 1.807) is 0 Å². The number of rotatable bonds is 7. The summed E-state index contributed by atoms with van der Waals surface area (Å²) in [6, 6.07) is 0. The Morgan fingerprint density at radius 3 is 1.07 bits per heavy atom. The van der Waals surface area contributed by atoms with Gasteiger partial charge in [0.05, 0.1) is 0 Å². The van der Waals surface area contributed by atoms with Crippen molar-refractivity contribution in [3.63, 3.8) is 0 Å². The fraction of sp³-hybridized carbons (Fsp3) is 1.00. The molecule has 4 unspecified atom stereocenters. The minimum absolute atomic E-state index is 0.0140. The van der Waals surface area contributed by atoms with Gasteiger partial charge in [-0.15, -0.1) is 0 Å². The number of aliphatic hydroxyl groups is 4. The molecule has 0 spiro atoms. The maximum atomic E-state index is 9.17. The summed E-state index contributed by atoms with van der Waals surface area (Å²) in [7, 11) is 0. The van der Waals surface area contributed by atoms with Gasteiger partial charge in [-0.25, -0.2) is 0 Å². The second kappa shape index (κ2) is 7.17. The van der Waals surface area contributed by atoms with Gasteiger partial charge < -0.3 is 20.4 Å². The SMILES string of the molecule is CC(CO)C(CO)C(CO)C(C)CO. The van der Waals surface area contributed by atoms with Crippen molar-refractivity contribution in [2.45, 2.75) is 13.8 Å². The normalized spacial score (nSPS) is 20.1. The smallest absolute Gasteiger partial charge is 0.0466 e. The summed E-state index contributed by atoms with van der Waals surface area (Å²) in [5.41, 5.74) is 0. The molecule has 0 fully saturated rings. The Morgan fingerprint density at radius 1 is 0.643 bits per heavy atom. The summed E-state index contributed by atoms with van der Waals surface area (Å²) >= 11 is 0. The Bertz CT molecular complexity index is 124. The molecule has 0 amide bonds. The molecule has 0 rings (SSSR count). The van der Waals surface area contributed by atoms with Crippen LogP contribution in [-0.4, -0.2) is 46.9 Å². The molecule has 4 nitrogen and oxygen atoms in total. The first-order valence-electron chi connectivity index (χ1n) is 5.05. The van der Waals surface area contributed by atoms with Crippen LogP contribution in [-0.2, 0) is 0 Å². The summed E-state index contributed by atoms with van der Waals surface area (Å²) in [6.45, 7) is 3.48. The zero-order valence-corrected chi connectivity index (χ0v) is 8.93. The van der Waals surface area contributed by atoms with E-state index in [4.69, 9.17) is 20.4 Å². The van der Waals surface area contributed by atoms with Crippen LogP contribution in [0.25, 0.3) is 0 Å². The van der Waals surface area contributed by atoms with E-state index in [2.05, 4.69) is 0 Å². The summed E-state index contributed by atoms with van der Waals surface area (Å²) in [5.74, 6) is -0.448. The highest BCUT2D eigenvalue weighted by Crippen LogP contribution is 2.26. The number of aliphatic hydroxyl groups excluding tert-OH is 4. The minimum Gasteiger partial charge on any atom is -0.396 e. The van der Waals surface area contributed by atoms with Gasteiger partial charge in [0.2, 0.25) is 0 Å². The summed E-state index contributed by atoms with van der Waals surface area (Å²) in [5, 5.41) is 36.3. The van der Waals surface area contributed by atoms with Crippen molar-refractivity contribution in [1.82, 2.24) is 0 Å². The third kappa shape index (κ3) is 3.53. The van der Waals surface area contributed by atoms with Crippen molar-refractivity contribution in [3.05, 3.63) is 0 Å². The van der Waals surface area contributed by atoms with Crippen molar-refractivity contribution in [2.75, 3.05) is 26.4 Å². The molecule has 0 saturated carbocycles. The van der Waals surface area contributed by atoms with Crippen LogP contribution < -0.4 is 0 Å². The molecule has 0 aliphatic heterocycles. The molecule has 0 bridgehead atoms. The molecule has 0 radical (unpaired) electrons. The van der Waals surface area contributed by atoms with E-state index in [-0.39, 0.29) is 50.1 Å². The quantitative estimate of drug-likeness (QED) is 0.451. The van der Waals surface area contributed by atoms with Crippen LogP contribution in [0.15, 0.2) is 0 Å². The van der Waals surface area contributed by atoms with E-state index in [0.717, 1.165) is 0 Å². The highest BCUT2D eigenvalue weighted by atomic mass is 16.3. The van der Waals surface area contributed by atoms with Crippen LogP contribution in [0.2, 0.25) is 0 Å². The summed E-state index contributed by atoms with van der Waals surface area (Å²) < 4.78 is 0. The van der Waals surface area contributed by atoms with E-state index in [9.17, 15) is 0 Å². The molecule has 86 valence electrons. The van der Waals surface area contributed by atoms with Gasteiger partial charge in [-0.2, -0.15) is 0 Å². The predicted molar refractivity (Wildman–Crippen MR) is 53.7 cm³/mol. The van der Waals surface area contributed by atoms with E-state index in [0.29, 0.717) is 0 Å². The Hall–Kier alpha value is -0.160. The minimum atomic E-state index is -0.160. The second-order valence-corrected chi connectivity index (χ2v) is 4.01. The van der Waals surface area contributed by atoms with Gasteiger partial charge in [-0.05, 0) is 23.7 Å². The Labute approximate surface area is 85.2 Å². The molecule has 4 atom stereocenters. The average molecular weight is 206 g/mol. The molecular weight excluding hydrogens is 184 g/mol. The van der Waals surface area contributed by atoms with Crippen LogP contribution in [0.1, 0.15) is 13.8 Å². The first-order chi connectivity index (χ1) is 6.62. The van der Waals surface area contributed by atoms with E-state index in [1.807, 2.05) is 13.8 Å². The largest absolute Gasteiger partial charge is 0.396 e. The van der Waals surface area contributed by atoms with Gasteiger partial charge in [0.25, 0.3) is 0 Å². The van der Waals surface area contributed by atoms with Crippen LogP contribution in [0, 0.1) is 23.7 Å². The van der Waals surface area contributed by atoms with Gasteiger partial charge in [-0.1, -0.05) is 13.8 Å². The van der Waals surface area contributed by atoms with Crippen molar-refractivity contribution in [3.8, 4) is 0 Å². The highest BCUT2D eigenvalue weighted by molar-refractivity contribution is 4.77. The maximum Gasteiger partial charge on any atom is 0.0466 e. The zero-order chi connectivity index (χ0) is 11.1. The predicted octanol–water partition coefficient (Wildman–Crippen LogP) is -0.540. The summed E-state index contributed by atoms with van der Waals surface area (Å²) in [4.78, 5) is 0. The molecule has 0 aliphatic rings. The standard InChI is InChI=1S/C10H22O4/c1-7(3-11)9(5-13)10(6-14)8(2)4-12/h7-14H,3-6H2,1-2H3. The molecule has 0 saturated heterocycles. The maximum absolute atomic E-state index is 9.17. The third-order valence-electron chi connectivity index (χ3n) is 3.01. The lowest BCUT2D eigenvalue weighted by molar-refractivity contribution is 0.0193. The third-order valence-corrected chi connectivity index (χ3v) is 3.01. The zero-order valence-electron chi connectivity index (χ0n) is 8.93. The molecule has 0 aromatic carbocycles. The first-order valence-corrected chi connectivity index (χ1v) is 5.05. The Balaban J connectivity index is 4.43. The number of hydrogen-bond donors (Lipinski definition) is 4. The fourth-order valence-corrected chi connectivity index (χ4v) is 1.75. The van der Waals surface area contributed by atoms with Crippen LogP contribution in [0.5, 0.6) is 0 Å². The van der Waals surface area contributed by atoms with E-state index in [1.165, 1.54) is 0 Å². The molecule has 14 heavy (non-hydrogen) atoms. The monoisotopic (exact) mass is 206 g/mol. The molecular formula is C10H22O4. The van der Waals surface area contributed by atoms with Crippen molar-refractivity contribution >= 4 is 0 Å². The van der Waals surface area contributed by atoms with E-state index < -0.39 is 0 Å². The van der Waals surface area contributed by atoms with Gasteiger partial charge in [0, 0.05) is 26.4 Å². The fourth-order valence-electron chi connectivity index (χ4n) is 1.75. The molecule has 0 aliphatic carbocycles.